The number of hydrogen-bond acceptors (Lipinski definition) is 2. The Hall–Kier alpha value is -4.66. The zero-order valence-corrected chi connectivity index (χ0v) is 28.3. The van der Waals surface area contributed by atoms with Crippen molar-refractivity contribution in [3.63, 3.8) is 0 Å². The molecule has 0 atom stereocenters. The molecular formula is C44H39NS. The van der Waals surface area contributed by atoms with Crippen LogP contribution < -0.4 is 4.90 Å². The maximum atomic E-state index is 2.46. The molecule has 7 aromatic rings. The van der Waals surface area contributed by atoms with E-state index in [1.54, 1.807) is 0 Å². The largest absolute Gasteiger partial charge is 0.310 e. The SMILES string of the molecule is Cc1cccc(-c2cccc(N(c3ccc(C(C)(C)C)cc3)c3ccc4sc5cc6c(cc5c4c3)-c3ccccc3C6(C)C)c2)c1. The molecule has 1 aliphatic rings. The summed E-state index contributed by atoms with van der Waals surface area (Å²) in [5.74, 6) is 0. The second kappa shape index (κ2) is 10.4. The first-order chi connectivity index (χ1) is 22.1. The van der Waals surface area contributed by atoms with Gasteiger partial charge in [0.15, 0.2) is 0 Å². The number of anilines is 3. The summed E-state index contributed by atoms with van der Waals surface area (Å²) in [5.41, 5.74) is 14.2. The molecule has 6 aromatic carbocycles. The van der Waals surface area contributed by atoms with Crippen molar-refractivity contribution in [2.75, 3.05) is 4.90 Å². The molecule has 46 heavy (non-hydrogen) atoms. The van der Waals surface area contributed by atoms with E-state index in [4.69, 9.17) is 0 Å². The monoisotopic (exact) mass is 613 g/mol. The van der Waals surface area contributed by atoms with Crippen LogP contribution in [0, 0.1) is 6.92 Å². The third kappa shape index (κ3) is 4.66. The van der Waals surface area contributed by atoms with Crippen LogP contribution in [0.15, 0.2) is 127 Å². The van der Waals surface area contributed by atoms with Gasteiger partial charge >= 0.3 is 0 Å². The maximum absolute atomic E-state index is 2.46. The fourth-order valence-electron chi connectivity index (χ4n) is 7.30. The molecule has 0 amide bonds. The number of nitrogens with zero attached hydrogens (tertiary/aromatic N) is 1. The molecular weight excluding hydrogens is 575 g/mol. The fourth-order valence-corrected chi connectivity index (χ4v) is 8.41. The fraction of sp³-hybridized carbons (Fsp3) is 0.182. The van der Waals surface area contributed by atoms with E-state index < -0.39 is 0 Å². The maximum Gasteiger partial charge on any atom is 0.0468 e. The molecule has 0 saturated heterocycles. The molecule has 0 bridgehead atoms. The highest BCUT2D eigenvalue weighted by molar-refractivity contribution is 7.25. The van der Waals surface area contributed by atoms with Crippen molar-refractivity contribution in [3.05, 3.63) is 150 Å². The Morgan fingerprint density at radius 2 is 1.22 bits per heavy atom. The van der Waals surface area contributed by atoms with Crippen LogP contribution in [0.1, 0.15) is 56.9 Å². The van der Waals surface area contributed by atoms with E-state index in [2.05, 4.69) is 174 Å². The Labute approximate surface area is 276 Å². The molecule has 0 unspecified atom stereocenters. The number of rotatable bonds is 4. The van der Waals surface area contributed by atoms with Gasteiger partial charge < -0.3 is 4.90 Å². The number of benzene rings is 6. The van der Waals surface area contributed by atoms with Gasteiger partial charge in [0.25, 0.3) is 0 Å². The minimum atomic E-state index is -0.000220. The molecule has 8 rings (SSSR count). The second-order valence-corrected chi connectivity index (χ2v) is 15.5. The third-order valence-electron chi connectivity index (χ3n) is 9.86. The Morgan fingerprint density at radius 1 is 0.543 bits per heavy atom. The average molecular weight is 614 g/mol. The van der Waals surface area contributed by atoms with Gasteiger partial charge in [0, 0.05) is 42.6 Å². The van der Waals surface area contributed by atoms with Gasteiger partial charge in [0.2, 0.25) is 0 Å². The van der Waals surface area contributed by atoms with E-state index in [0.717, 1.165) is 11.4 Å². The summed E-state index contributed by atoms with van der Waals surface area (Å²) in [6.07, 6.45) is 0. The van der Waals surface area contributed by atoms with E-state index in [0.29, 0.717) is 0 Å². The lowest BCUT2D eigenvalue weighted by atomic mass is 9.82. The lowest BCUT2D eigenvalue weighted by Crippen LogP contribution is -2.14. The third-order valence-corrected chi connectivity index (χ3v) is 11.0. The van der Waals surface area contributed by atoms with Gasteiger partial charge in [-0.05, 0) is 106 Å². The van der Waals surface area contributed by atoms with Crippen molar-refractivity contribution in [1.29, 1.82) is 0 Å². The van der Waals surface area contributed by atoms with Crippen molar-refractivity contribution in [1.82, 2.24) is 0 Å². The molecule has 0 radical (unpaired) electrons. The molecule has 0 saturated carbocycles. The highest BCUT2D eigenvalue weighted by Crippen LogP contribution is 2.52. The second-order valence-electron chi connectivity index (χ2n) is 14.4. The van der Waals surface area contributed by atoms with Gasteiger partial charge in [-0.2, -0.15) is 0 Å². The van der Waals surface area contributed by atoms with Crippen LogP contribution >= 0.6 is 11.3 Å². The van der Waals surface area contributed by atoms with Crippen LogP contribution in [0.2, 0.25) is 0 Å². The molecule has 0 fully saturated rings. The number of hydrogen-bond donors (Lipinski definition) is 0. The molecule has 0 aliphatic heterocycles. The standard InChI is InChI=1S/C44H39NS/c1-28-11-9-12-29(23-28)30-13-10-14-33(24-30)45(32-19-17-31(18-20-32)43(2,3)4)34-21-22-41-37(25-34)38-26-36-35-15-7-8-16-39(35)44(5,6)40(36)27-42(38)46-41/h7-27H,1-6H3. The van der Waals surface area contributed by atoms with Crippen LogP contribution in [0.25, 0.3) is 42.4 Å². The van der Waals surface area contributed by atoms with E-state index in [1.807, 2.05) is 11.3 Å². The van der Waals surface area contributed by atoms with Gasteiger partial charge in [0.1, 0.15) is 0 Å². The molecule has 1 aliphatic carbocycles. The van der Waals surface area contributed by atoms with E-state index in [9.17, 15) is 0 Å². The number of fused-ring (bicyclic) bond motifs is 6. The van der Waals surface area contributed by atoms with Gasteiger partial charge in [-0.15, -0.1) is 11.3 Å². The summed E-state index contributed by atoms with van der Waals surface area (Å²) in [4.78, 5) is 2.42. The summed E-state index contributed by atoms with van der Waals surface area (Å²) in [6, 6.07) is 47.7. The van der Waals surface area contributed by atoms with Crippen LogP contribution in [0.3, 0.4) is 0 Å². The summed E-state index contributed by atoms with van der Waals surface area (Å²) >= 11 is 1.91. The van der Waals surface area contributed by atoms with Gasteiger partial charge in [-0.25, -0.2) is 0 Å². The smallest absolute Gasteiger partial charge is 0.0468 e. The van der Waals surface area contributed by atoms with Gasteiger partial charge in [-0.3, -0.25) is 0 Å². The van der Waals surface area contributed by atoms with Crippen molar-refractivity contribution < 1.29 is 0 Å². The average Bonchev–Trinajstić information content (AvgIpc) is 3.51. The Balaban J connectivity index is 1.31. The first-order valence-electron chi connectivity index (χ1n) is 16.3. The van der Waals surface area contributed by atoms with Gasteiger partial charge in [-0.1, -0.05) is 113 Å². The lowest BCUT2D eigenvalue weighted by molar-refractivity contribution is 0.590. The Bertz CT molecular complexity index is 2280. The predicted octanol–water partition coefficient (Wildman–Crippen LogP) is 13.1. The summed E-state index contributed by atoms with van der Waals surface area (Å²) < 4.78 is 2.68. The number of thiophene rings is 1. The molecule has 226 valence electrons. The summed E-state index contributed by atoms with van der Waals surface area (Å²) in [6.45, 7) is 13.7. The first-order valence-corrected chi connectivity index (χ1v) is 17.1. The highest BCUT2D eigenvalue weighted by Gasteiger charge is 2.35. The molecule has 1 nitrogen and oxygen atoms in total. The molecule has 1 aromatic heterocycles. The van der Waals surface area contributed by atoms with E-state index in [1.165, 1.54) is 70.4 Å². The number of aryl methyl sites for hydroxylation is 1. The van der Waals surface area contributed by atoms with Crippen LogP contribution in [-0.2, 0) is 10.8 Å². The summed E-state index contributed by atoms with van der Waals surface area (Å²) in [5, 5.41) is 2.65. The van der Waals surface area contributed by atoms with E-state index in [-0.39, 0.29) is 10.8 Å². The van der Waals surface area contributed by atoms with Crippen LogP contribution in [0.4, 0.5) is 17.1 Å². The first kappa shape index (κ1) is 28.8. The van der Waals surface area contributed by atoms with E-state index >= 15 is 0 Å². The molecule has 0 N–H and O–H groups in total. The summed E-state index contributed by atoms with van der Waals surface area (Å²) in [7, 11) is 0. The topological polar surface area (TPSA) is 3.24 Å². The molecule has 1 heterocycles. The minimum Gasteiger partial charge on any atom is -0.310 e. The highest BCUT2D eigenvalue weighted by atomic mass is 32.1. The predicted molar refractivity (Wildman–Crippen MR) is 200 cm³/mol. The molecule has 0 spiro atoms. The van der Waals surface area contributed by atoms with Crippen molar-refractivity contribution in [2.24, 2.45) is 0 Å². The van der Waals surface area contributed by atoms with Crippen molar-refractivity contribution >= 4 is 48.6 Å². The quantitative estimate of drug-likeness (QED) is 0.191. The zero-order chi connectivity index (χ0) is 31.8. The van der Waals surface area contributed by atoms with Crippen molar-refractivity contribution in [3.8, 4) is 22.3 Å². The zero-order valence-electron chi connectivity index (χ0n) is 27.5. The van der Waals surface area contributed by atoms with Gasteiger partial charge in [0.05, 0.1) is 0 Å². The van der Waals surface area contributed by atoms with Crippen molar-refractivity contribution in [2.45, 2.75) is 52.4 Å². The van der Waals surface area contributed by atoms with Crippen LogP contribution in [0.5, 0.6) is 0 Å². The Morgan fingerprint density at radius 3 is 1.98 bits per heavy atom. The molecule has 2 heteroatoms. The normalized spacial score (nSPS) is 13.6. The van der Waals surface area contributed by atoms with Crippen LogP contribution in [-0.4, -0.2) is 0 Å². The lowest BCUT2D eigenvalue weighted by Gasteiger charge is -2.27. The Kier molecular flexibility index (Phi) is 6.53. The minimum absolute atomic E-state index is 0.000220.